The van der Waals surface area contributed by atoms with Crippen molar-refractivity contribution < 1.29 is 9.26 Å². The van der Waals surface area contributed by atoms with Crippen LogP contribution in [0.15, 0.2) is 64.8 Å². The number of hydrogen-bond acceptors (Lipinski definition) is 5. The lowest BCUT2D eigenvalue weighted by atomic mass is 9.95. The highest BCUT2D eigenvalue weighted by molar-refractivity contribution is 7.80. The summed E-state index contributed by atoms with van der Waals surface area (Å²) >= 11 is 5.71. The van der Waals surface area contributed by atoms with Gasteiger partial charge in [0.15, 0.2) is 5.11 Å². The Bertz CT molecular complexity index is 1090. The van der Waals surface area contributed by atoms with Gasteiger partial charge in [-0.15, -0.1) is 0 Å². The van der Waals surface area contributed by atoms with Gasteiger partial charge in [-0.05, 0) is 43.3 Å². The first-order valence-electron chi connectivity index (χ1n) is 10.4. The molecule has 0 saturated carbocycles. The van der Waals surface area contributed by atoms with Crippen LogP contribution in [0.25, 0.3) is 17.0 Å². The lowest BCUT2D eigenvalue weighted by Gasteiger charge is -2.37. The van der Waals surface area contributed by atoms with Crippen molar-refractivity contribution in [2.75, 3.05) is 13.7 Å². The Morgan fingerprint density at radius 1 is 1.16 bits per heavy atom. The van der Waals surface area contributed by atoms with E-state index in [1.807, 2.05) is 42.5 Å². The minimum absolute atomic E-state index is 0.162. The molecule has 7 heteroatoms. The first-order chi connectivity index (χ1) is 15.1. The van der Waals surface area contributed by atoms with E-state index in [0.29, 0.717) is 11.7 Å². The van der Waals surface area contributed by atoms with Crippen molar-refractivity contribution in [3.05, 3.63) is 71.7 Å². The van der Waals surface area contributed by atoms with Gasteiger partial charge in [0.05, 0.1) is 18.7 Å². The van der Waals surface area contributed by atoms with Crippen LogP contribution in [-0.4, -0.2) is 33.8 Å². The van der Waals surface area contributed by atoms with Crippen molar-refractivity contribution in [3.8, 4) is 17.1 Å². The van der Waals surface area contributed by atoms with Gasteiger partial charge in [-0.1, -0.05) is 61.0 Å². The lowest BCUT2D eigenvalue weighted by molar-refractivity contribution is 0.395. The molecule has 0 radical (unpaired) electrons. The van der Waals surface area contributed by atoms with Gasteiger partial charge in [0, 0.05) is 17.8 Å². The summed E-state index contributed by atoms with van der Waals surface area (Å²) in [5.74, 6) is 1.76. The van der Waals surface area contributed by atoms with Crippen molar-refractivity contribution in [2.24, 2.45) is 0 Å². The van der Waals surface area contributed by atoms with Gasteiger partial charge < -0.3 is 19.5 Å². The van der Waals surface area contributed by atoms with Gasteiger partial charge in [-0.2, -0.15) is 4.98 Å². The van der Waals surface area contributed by atoms with Crippen LogP contribution < -0.4 is 10.1 Å². The second-order valence-electron chi connectivity index (χ2n) is 7.45. The Morgan fingerprint density at radius 3 is 2.71 bits per heavy atom. The molecular weight excluding hydrogens is 408 g/mol. The average molecular weight is 435 g/mol. The molecule has 3 aromatic rings. The number of nitrogens with one attached hydrogen (secondary N) is 1. The number of methoxy groups -OCH3 is 1. The van der Waals surface area contributed by atoms with Gasteiger partial charge in [-0.25, -0.2) is 0 Å². The van der Waals surface area contributed by atoms with Crippen molar-refractivity contribution in [1.82, 2.24) is 20.4 Å². The maximum absolute atomic E-state index is 5.77. The Balaban J connectivity index is 1.78. The van der Waals surface area contributed by atoms with Crippen LogP contribution in [0.1, 0.15) is 44.2 Å². The first kappa shape index (κ1) is 21.1. The molecule has 1 aromatic heterocycles. The van der Waals surface area contributed by atoms with Crippen LogP contribution >= 0.6 is 12.2 Å². The molecule has 0 spiro atoms. The summed E-state index contributed by atoms with van der Waals surface area (Å²) < 4.78 is 11.1. The van der Waals surface area contributed by atoms with Crippen LogP contribution in [0.3, 0.4) is 0 Å². The summed E-state index contributed by atoms with van der Waals surface area (Å²) in [4.78, 5) is 6.87. The summed E-state index contributed by atoms with van der Waals surface area (Å²) in [5, 5.41) is 8.46. The zero-order valence-electron chi connectivity index (χ0n) is 18.0. The largest absolute Gasteiger partial charge is 0.497 e. The molecule has 160 valence electrons. The molecule has 31 heavy (non-hydrogen) atoms. The predicted octanol–water partition coefficient (Wildman–Crippen LogP) is 5.21. The molecule has 1 aliphatic heterocycles. The second kappa shape index (κ2) is 9.31. The first-order valence-corrected chi connectivity index (χ1v) is 10.9. The van der Waals surface area contributed by atoms with Crippen LogP contribution in [0.5, 0.6) is 5.75 Å². The number of aromatic nitrogens is 2. The smallest absolute Gasteiger partial charge is 0.258 e. The van der Waals surface area contributed by atoms with E-state index < -0.39 is 0 Å². The number of ether oxygens (including phenoxy) is 1. The number of hydrogen-bond donors (Lipinski definition) is 1. The SMILES string of the molecule is CCCCN1C(=S)NC(c2ccccc2)C(c2nc(-c3cccc(OC)c3)no2)=C1C. The van der Waals surface area contributed by atoms with Crippen molar-refractivity contribution >= 4 is 22.9 Å². The standard InChI is InChI=1S/C24H26N4O2S/c1-4-5-14-28-16(2)20(21(25-24(28)31)17-10-7-6-8-11-17)23-26-22(27-30-23)18-12-9-13-19(15-18)29-3/h6-13,15,21H,4-5,14H2,1-3H3,(H,25,31). The van der Waals surface area contributed by atoms with Crippen molar-refractivity contribution in [1.29, 1.82) is 0 Å². The fourth-order valence-corrected chi connectivity index (χ4v) is 4.10. The van der Waals surface area contributed by atoms with Crippen molar-refractivity contribution in [2.45, 2.75) is 32.7 Å². The lowest BCUT2D eigenvalue weighted by Crippen LogP contribution is -2.46. The van der Waals surface area contributed by atoms with Gasteiger partial charge >= 0.3 is 0 Å². The van der Waals surface area contributed by atoms with Crippen LogP contribution in [-0.2, 0) is 0 Å². The Hall–Kier alpha value is -3.19. The Kier molecular flexibility index (Phi) is 6.32. The van der Waals surface area contributed by atoms with E-state index in [1.165, 1.54) is 0 Å². The van der Waals surface area contributed by atoms with Crippen LogP contribution in [0, 0.1) is 0 Å². The van der Waals surface area contributed by atoms with E-state index in [4.69, 9.17) is 26.5 Å². The molecule has 1 N–H and O–H groups in total. The maximum atomic E-state index is 5.77. The number of allylic oxidation sites excluding steroid dienone is 1. The highest BCUT2D eigenvalue weighted by atomic mass is 32.1. The normalized spacial score (nSPS) is 16.4. The number of thiocarbonyl (C=S) groups is 1. The Labute approximate surface area is 187 Å². The summed E-state index contributed by atoms with van der Waals surface area (Å²) in [6.07, 6.45) is 2.13. The van der Waals surface area contributed by atoms with E-state index in [0.717, 1.165) is 52.6 Å². The predicted molar refractivity (Wildman–Crippen MR) is 125 cm³/mol. The minimum Gasteiger partial charge on any atom is -0.497 e. The molecular formula is C24H26N4O2S. The molecule has 6 nitrogen and oxygen atoms in total. The van der Waals surface area contributed by atoms with E-state index in [1.54, 1.807) is 7.11 Å². The van der Waals surface area contributed by atoms with Crippen LogP contribution in [0.2, 0.25) is 0 Å². The zero-order chi connectivity index (χ0) is 21.8. The van der Waals surface area contributed by atoms with Gasteiger partial charge in [0.25, 0.3) is 5.89 Å². The fraction of sp³-hybridized carbons (Fsp3) is 0.292. The van der Waals surface area contributed by atoms with E-state index in [-0.39, 0.29) is 6.04 Å². The molecule has 1 aliphatic rings. The Morgan fingerprint density at radius 2 is 1.97 bits per heavy atom. The van der Waals surface area contributed by atoms with E-state index in [9.17, 15) is 0 Å². The number of nitrogens with zero attached hydrogens (tertiary/aromatic N) is 3. The third kappa shape index (κ3) is 4.32. The molecule has 0 saturated heterocycles. The summed E-state index contributed by atoms with van der Waals surface area (Å²) in [5.41, 5.74) is 3.91. The number of benzene rings is 2. The molecule has 0 amide bonds. The third-order valence-electron chi connectivity index (χ3n) is 5.45. The van der Waals surface area contributed by atoms with E-state index in [2.05, 4.69) is 41.4 Å². The molecule has 2 aromatic carbocycles. The minimum atomic E-state index is -0.162. The third-order valence-corrected chi connectivity index (χ3v) is 5.79. The maximum Gasteiger partial charge on any atom is 0.258 e. The summed E-state index contributed by atoms with van der Waals surface area (Å²) in [6, 6.07) is 17.7. The summed E-state index contributed by atoms with van der Waals surface area (Å²) in [7, 11) is 1.64. The average Bonchev–Trinajstić information content (AvgIpc) is 3.29. The molecule has 0 bridgehead atoms. The molecule has 1 unspecified atom stereocenters. The molecule has 4 rings (SSSR count). The van der Waals surface area contributed by atoms with Gasteiger partial charge in [0.1, 0.15) is 5.75 Å². The monoisotopic (exact) mass is 434 g/mol. The van der Waals surface area contributed by atoms with Crippen molar-refractivity contribution in [3.63, 3.8) is 0 Å². The second-order valence-corrected chi connectivity index (χ2v) is 7.84. The molecule has 2 heterocycles. The quantitative estimate of drug-likeness (QED) is 0.512. The number of unbranched alkanes of at least 4 members (excludes halogenated alkanes) is 1. The molecule has 0 aliphatic carbocycles. The number of rotatable bonds is 7. The highest BCUT2D eigenvalue weighted by Gasteiger charge is 2.33. The highest BCUT2D eigenvalue weighted by Crippen LogP contribution is 2.37. The van der Waals surface area contributed by atoms with Gasteiger partial charge in [0.2, 0.25) is 5.82 Å². The topological polar surface area (TPSA) is 63.4 Å². The fourth-order valence-electron chi connectivity index (χ4n) is 3.75. The molecule has 0 fully saturated rings. The zero-order valence-corrected chi connectivity index (χ0v) is 18.8. The molecule has 1 atom stereocenters. The van der Waals surface area contributed by atoms with Gasteiger partial charge in [-0.3, -0.25) is 0 Å². The summed E-state index contributed by atoms with van der Waals surface area (Å²) in [6.45, 7) is 5.09. The van der Waals surface area contributed by atoms with Crippen LogP contribution in [0.4, 0.5) is 0 Å². The van der Waals surface area contributed by atoms with E-state index >= 15 is 0 Å².